The quantitative estimate of drug-likeness (QED) is 0.148. The molecule has 0 saturated heterocycles. The van der Waals surface area contributed by atoms with E-state index in [0.29, 0.717) is 31.1 Å². The van der Waals surface area contributed by atoms with Gasteiger partial charge >= 0.3 is 11.9 Å². The zero-order valence-electron chi connectivity index (χ0n) is 17.8. The van der Waals surface area contributed by atoms with E-state index in [9.17, 15) is 9.59 Å². The summed E-state index contributed by atoms with van der Waals surface area (Å²) < 4.78 is 10.4. The molecular formula is C21H40O4S2. The van der Waals surface area contributed by atoms with Gasteiger partial charge in [0.1, 0.15) is 5.75 Å². The van der Waals surface area contributed by atoms with Crippen LogP contribution in [0.2, 0.25) is 0 Å². The van der Waals surface area contributed by atoms with Crippen LogP contribution in [0.1, 0.15) is 85.5 Å². The van der Waals surface area contributed by atoms with E-state index in [-0.39, 0.29) is 11.9 Å². The predicted octanol–water partition coefficient (Wildman–Crippen LogP) is 6.28. The fourth-order valence-electron chi connectivity index (χ4n) is 2.42. The molecule has 0 aromatic rings. The Bertz CT molecular complexity index is 339. The van der Waals surface area contributed by atoms with Crippen molar-refractivity contribution < 1.29 is 19.1 Å². The fourth-order valence-corrected chi connectivity index (χ4v) is 4.20. The maximum Gasteiger partial charge on any atom is 0.316 e. The number of carbonyl (C=O) groups excluding carboxylic acids is 2. The summed E-state index contributed by atoms with van der Waals surface area (Å²) in [7, 11) is 2.97. The van der Waals surface area contributed by atoms with Gasteiger partial charge in [-0.3, -0.25) is 9.59 Å². The average Bonchev–Trinajstić information content (AvgIpc) is 2.60. The van der Waals surface area contributed by atoms with E-state index in [1.54, 1.807) is 0 Å². The van der Waals surface area contributed by atoms with Gasteiger partial charge in [0.2, 0.25) is 0 Å². The van der Waals surface area contributed by atoms with Gasteiger partial charge in [-0.15, -0.1) is 0 Å². The summed E-state index contributed by atoms with van der Waals surface area (Å²) in [5.74, 6) is 2.18. The molecular weight excluding hydrogens is 380 g/mol. The molecule has 0 aromatic carbocycles. The van der Waals surface area contributed by atoms with Crippen LogP contribution in [0.3, 0.4) is 0 Å². The number of ether oxygens (including phenoxy) is 2. The zero-order valence-corrected chi connectivity index (χ0v) is 19.4. The molecule has 0 atom stereocenters. The summed E-state index contributed by atoms with van der Waals surface area (Å²) in [6.07, 6.45) is 9.41. The Balaban J connectivity index is 3.34. The van der Waals surface area contributed by atoms with E-state index in [4.69, 9.17) is 9.47 Å². The third-order valence-corrected chi connectivity index (χ3v) is 6.27. The summed E-state index contributed by atoms with van der Waals surface area (Å²) >= 11 is 0. The lowest BCUT2D eigenvalue weighted by atomic mass is 10.1. The molecule has 0 unspecified atom stereocenters. The Morgan fingerprint density at radius 3 is 1.74 bits per heavy atom. The first-order valence-corrected chi connectivity index (χ1v) is 13.0. The molecule has 0 aliphatic heterocycles. The number of hydrogen-bond acceptors (Lipinski definition) is 6. The van der Waals surface area contributed by atoms with Crippen LogP contribution in [0, 0.1) is 11.8 Å². The lowest BCUT2D eigenvalue weighted by Crippen LogP contribution is -2.08. The van der Waals surface area contributed by atoms with Crippen molar-refractivity contribution in [3.8, 4) is 0 Å². The maximum absolute atomic E-state index is 11.6. The summed E-state index contributed by atoms with van der Waals surface area (Å²) in [5.41, 5.74) is 0. The SMILES string of the molecule is CC(C)CCCCCOC(=O)CCSSCC(=O)OCCCCCC(C)C. The summed E-state index contributed by atoms with van der Waals surface area (Å²) in [5, 5.41) is 0. The molecule has 0 radical (unpaired) electrons. The highest BCUT2D eigenvalue weighted by Crippen LogP contribution is 2.22. The molecule has 0 N–H and O–H groups in total. The first kappa shape index (κ1) is 26.6. The van der Waals surface area contributed by atoms with Gasteiger partial charge in [-0.25, -0.2) is 0 Å². The molecule has 0 amide bonds. The topological polar surface area (TPSA) is 52.6 Å². The van der Waals surface area contributed by atoms with Crippen LogP contribution in [0.25, 0.3) is 0 Å². The highest BCUT2D eigenvalue weighted by molar-refractivity contribution is 8.76. The highest BCUT2D eigenvalue weighted by atomic mass is 33.1. The van der Waals surface area contributed by atoms with E-state index in [1.165, 1.54) is 47.3 Å². The Morgan fingerprint density at radius 1 is 0.704 bits per heavy atom. The van der Waals surface area contributed by atoms with Gasteiger partial charge in [-0.05, 0) is 24.7 Å². The molecule has 4 nitrogen and oxygen atoms in total. The minimum absolute atomic E-state index is 0.143. The second-order valence-electron chi connectivity index (χ2n) is 7.76. The van der Waals surface area contributed by atoms with Crippen molar-refractivity contribution in [2.24, 2.45) is 11.8 Å². The average molecular weight is 421 g/mol. The molecule has 6 heteroatoms. The van der Waals surface area contributed by atoms with E-state index in [0.717, 1.165) is 37.5 Å². The Hall–Kier alpha value is -0.360. The second kappa shape index (κ2) is 19.0. The normalized spacial score (nSPS) is 11.2. The van der Waals surface area contributed by atoms with Crippen LogP contribution < -0.4 is 0 Å². The standard InChI is InChI=1S/C21H40O4S2/c1-18(2)11-7-5-9-14-24-20(22)13-16-26-27-17-21(23)25-15-10-6-8-12-19(3)4/h18-19H,5-17H2,1-4H3. The third kappa shape index (κ3) is 21.8. The minimum Gasteiger partial charge on any atom is -0.466 e. The van der Waals surface area contributed by atoms with Gasteiger partial charge in [-0.1, -0.05) is 87.8 Å². The van der Waals surface area contributed by atoms with Crippen LogP contribution in [0.4, 0.5) is 0 Å². The third-order valence-electron chi connectivity index (χ3n) is 4.03. The number of rotatable bonds is 18. The fraction of sp³-hybridized carbons (Fsp3) is 0.905. The monoisotopic (exact) mass is 420 g/mol. The van der Waals surface area contributed by atoms with Crippen LogP contribution in [-0.4, -0.2) is 36.7 Å². The lowest BCUT2D eigenvalue weighted by Gasteiger charge is -2.07. The molecule has 0 aromatic heterocycles. The first-order valence-electron chi connectivity index (χ1n) is 10.5. The minimum atomic E-state index is -0.166. The van der Waals surface area contributed by atoms with Crippen LogP contribution in [0.5, 0.6) is 0 Å². The van der Waals surface area contributed by atoms with Gasteiger partial charge < -0.3 is 9.47 Å². The Morgan fingerprint density at radius 2 is 1.22 bits per heavy atom. The van der Waals surface area contributed by atoms with Crippen LogP contribution in [-0.2, 0) is 19.1 Å². The maximum atomic E-state index is 11.6. The van der Waals surface area contributed by atoms with Crippen LogP contribution >= 0.6 is 21.6 Å². The van der Waals surface area contributed by atoms with E-state index >= 15 is 0 Å². The summed E-state index contributed by atoms with van der Waals surface area (Å²) in [6, 6.07) is 0. The number of unbranched alkanes of at least 4 members (excludes halogenated alkanes) is 4. The molecule has 0 heterocycles. The van der Waals surface area contributed by atoms with Crippen molar-refractivity contribution in [2.45, 2.75) is 85.5 Å². The predicted molar refractivity (Wildman–Crippen MR) is 118 cm³/mol. The van der Waals surface area contributed by atoms with E-state index in [1.807, 2.05) is 0 Å². The number of carbonyl (C=O) groups is 2. The van der Waals surface area contributed by atoms with Crippen molar-refractivity contribution in [3.05, 3.63) is 0 Å². The van der Waals surface area contributed by atoms with E-state index in [2.05, 4.69) is 27.7 Å². The number of esters is 2. The summed E-state index contributed by atoms with van der Waals surface area (Å²) in [4.78, 5) is 23.2. The van der Waals surface area contributed by atoms with Crippen molar-refractivity contribution in [3.63, 3.8) is 0 Å². The largest absolute Gasteiger partial charge is 0.466 e. The Labute approximate surface area is 174 Å². The zero-order chi connectivity index (χ0) is 20.3. The van der Waals surface area contributed by atoms with Crippen molar-refractivity contribution in [2.75, 3.05) is 24.7 Å². The molecule has 160 valence electrons. The van der Waals surface area contributed by atoms with Crippen molar-refractivity contribution >= 4 is 33.5 Å². The highest BCUT2D eigenvalue weighted by Gasteiger charge is 2.06. The van der Waals surface area contributed by atoms with Gasteiger partial charge in [-0.2, -0.15) is 0 Å². The molecule has 0 rings (SSSR count). The number of hydrogen-bond donors (Lipinski definition) is 0. The molecule has 27 heavy (non-hydrogen) atoms. The lowest BCUT2D eigenvalue weighted by molar-refractivity contribution is -0.143. The molecule has 0 saturated carbocycles. The van der Waals surface area contributed by atoms with Crippen molar-refractivity contribution in [1.29, 1.82) is 0 Å². The molecule has 0 fully saturated rings. The Kier molecular flexibility index (Phi) is 18.7. The summed E-state index contributed by atoms with van der Waals surface area (Å²) in [6.45, 7) is 9.95. The smallest absolute Gasteiger partial charge is 0.316 e. The molecule has 0 aliphatic rings. The molecule has 0 aliphatic carbocycles. The van der Waals surface area contributed by atoms with Crippen molar-refractivity contribution in [1.82, 2.24) is 0 Å². The van der Waals surface area contributed by atoms with Gasteiger partial charge in [0.25, 0.3) is 0 Å². The van der Waals surface area contributed by atoms with E-state index < -0.39 is 0 Å². The van der Waals surface area contributed by atoms with Gasteiger partial charge in [0.15, 0.2) is 0 Å². The van der Waals surface area contributed by atoms with Gasteiger partial charge in [0, 0.05) is 5.75 Å². The second-order valence-corrected chi connectivity index (χ2v) is 10.3. The molecule has 0 bridgehead atoms. The first-order chi connectivity index (χ1) is 12.9. The van der Waals surface area contributed by atoms with Crippen LogP contribution in [0.15, 0.2) is 0 Å². The van der Waals surface area contributed by atoms with Gasteiger partial charge in [0.05, 0.1) is 19.6 Å². The molecule has 0 spiro atoms.